The Morgan fingerprint density at radius 2 is 1.95 bits per heavy atom. The first-order chi connectivity index (χ1) is 19.7. The number of halogens is 2. The molecule has 4 N–H and O–H groups in total. The van der Waals surface area contributed by atoms with E-state index >= 15 is 0 Å². The fraction of sp³-hybridized carbons (Fsp3) is 0.300. The number of imidazole rings is 1. The number of hydrogen-bond donors (Lipinski definition) is 4. The first-order valence-electron chi connectivity index (χ1n) is 13.5. The summed E-state index contributed by atoms with van der Waals surface area (Å²) in [4.78, 5) is 25.2. The first-order valence-corrected chi connectivity index (χ1v) is 13.9. The molecular formula is C30H31ClFN7O2. The van der Waals surface area contributed by atoms with E-state index < -0.39 is 11.9 Å². The van der Waals surface area contributed by atoms with Crippen molar-refractivity contribution in [2.24, 2.45) is 11.8 Å². The summed E-state index contributed by atoms with van der Waals surface area (Å²) in [6.45, 7) is 6.53. The van der Waals surface area contributed by atoms with Gasteiger partial charge in [0.25, 0.3) is 0 Å². The average molecular weight is 576 g/mol. The van der Waals surface area contributed by atoms with Gasteiger partial charge in [0, 0.05) is 17.1 Å². The third-order valence-corrected chi connectivity index (χ3v) is 7.75. The maximum absolute atomic E-state index is 14.0. The fourth-order valence-corrected chi connectivity index (χ4v) is 5.54. The zero-order valence-electron chi connectivity index (χ0n) is 22.6. The molecule has 1 saturated carbocycles. The zero-order chi connectivity index (χ0) is 29.1. The topological polar surface area (TPSA) is 129 Å². The van der Waals surface area contributed by atoms with E-state index in [1.165, 1.54) is 12.1 Å². The molecule has 1 amide bonds. The molecule has 9 nitrogen and oxygen atoms in total. The van der Waals surface area contributed by atoms with E-state index in [1.54, 1.807) is 24.3 Å². The van der Waals surface area contributed by atoms with Crippen LogP contribution in [0.15, 0.2) is 61.2 Å². The second kappa shape index (κ2) is 12.1. The number of nitrogens with zero attached hydrogens (tertiary/aromatic N) is 4. The Kier molecular flexibility index (Phi) is 8.30. The Morgan fingerprint density at radius 1 is 1.20 bits per heavy atom. The summed E-state index contributed by atoms with van der Waals surface area (Å²) in [7, 11) is 0. The van der Waals surface area contributed by atoms with Gasteiger partial charge in [-0.25, -0.2) is 19.2 Å². The monoisotopic (exact) mass is 575 g/mol. The molecular weight excluding hydrogens is 545 g/mol. The van der Waals surface area contributed by atoms with Gasteiger partial charge >= 0.3 is 6.09 Å². The van der Waals surface area contributed by atoms with E-state index in [4.69, 9.17) is 22.0 Å². The molecule has 4 aromatic rings. The van der Waals surface area contributed by atoms with Crippen LogP contribution in [0.2, 0.25) is 5.02 Å². The van der Waals surface area contributed by atoms with Crippen LogP contribution in [0.4, 0.5) is 15.1 Å². The molecule has 0 aliphatic heterocycles. The van der Waals surface area contributed by atoms with Crippen molar-refractivity contribution < 1.29 is 14.3 Å². The summed E-state index contributed by atoms with van der Waals surface area (Å²) in [5.74, 6) is 0.491. The number of amidine groups is 1. The molecule has 0 spiro atoms. The summed E-state index contributed by atoms with van der Waals surface area (Å²) < 4.78 is 16.1. The Labute approximate surface area is 242 Å². The van der Waals surface area contributed by atoms with E-state index in [9.17, 15) is 14.3 Å². The molecule has 1 aliphatic rings. The Morgan fingerprint density at radius 3 is 2.63 bits per heavy atom. The summed E-state index contributed by atoms with van der Waals surface area (Å²) in [5.41, 5.74) is 2.85. The van der Waals surface area contributed by atoms with Gasteiger partial charge in [0.2, 0.25) is 5.95 Å². The van der Waals surface area contributed by atoms with Crippen LogP contribution in [0.3, 0.4) is 0 Å². The van der Waals surface area contributed by atoms with E-state index in [0.29, 0.717) is 51.8 Å². The number of amides is 1. The molecule has 2 aromatic carbocycles. The van der Waals surface area contributed by atoms with Gasteiger partial charge in [-0.2, -0.15) is 4.98 Å². The lowest BCUT2D eigenvalue weighted by molar-refractivity contribution is 0.200. The number of rotatable bonds is 8. The zero-order valence-corrected chi connectivity index (χ0v) is 23.3. The predicted molar refractivity (Wildman–Crippen MR) is 158 cm³/mol. The SMILES string of the molecule is C=CC1CCC(Cn2c(N[C@@H](C)c3cccc(F)c3)nc3nc(C(=N)NC(=O)O)nc(-c4cccc(Cl)c4)c32)CC1. The molecule has 0 saturated heterocycles. The number of fused-ring (bicyclic) bond motifs is 1. The van der Waals surface area contributed by atoms with E-state index in [2.05, 4.69) is 26.4 Å². The van der Waals surface area contributed by atoms with Gasteiger partial charge in [-0.3, -0.25) is 10.7 Å². The number of benzene rings is 2. The molecule has 1 fully saturated rings. The van der Waals surface area contributed by atoms with Gasteiger partial charge < -0.3 is 15.0 Å². The highest BCUT2D eigenvalue weighted by atomic mass is 35.5. The lowest BCUT2D eigenvalue weighted by Gasteiger charge is -2.28. The van der Waals surface area contributed by atoms with Crippen LogP contribution in [0.5, 0.6) is 0 Å². The van der Waals surface area contributed by atoms with Crippen molar-refractivity contribution in [1.29, 1.82) is 5.41 Å². The number of nitrogens with one attached hydrogen (secondary N) is 3. The van der Waals surface area contributed by atoms with Crippen molar-refractivity contribution in [2.45, 2.75) is 45.2 Å². The summed E-state index contributed by atoms with van der Waals surface area (Å²) in [5, 5.41) is 23.4. The van der Waals surface area contributed by atoms with Crippen molar-refractivity contribution in [3.63, 3.8) is 0 Å². The molecule has 2 heterocycles. The highest BCUT2D eigenvalue weighted by Crippen LogP contribution is 2.36. The lowest BCUT2D eigenvalue weighted by Crippen LogP contribution is -2.30. The number of carboxylic acid groups (broad SMARTS) is 1. The molecule has 0 bridgehead atoms. The molecule has 41 heavy (non-hydrogen) atoms. The second-order valence-electron chi connectivity index (χ2n) is 10.4. The van der Waals surface area contributed by atoms with Gasteiger partial charge in [-0.1, -0.05) is 41.9 Å². The minimum absolute atomic E-state index is 0.115. The molecule has 0 radical (unpaired) electrons. The van der Waals surface area contributed by atoms with E-state index in [1.807, 2.05) is 30.4 Å². The number of allylic oxidation sites excluding steroid dienone is 1. The van der Waals surface area contributed by atoms with Crippen LogP contribution < -0.4 is 10.6 Å². The largest absolute Gasteiger partial charge is 0.465 e. The fourth-order valence-electron chi connectivity index (χ4n) is 5.35. The summed E-state index contributed by atoms with van der Waals surface area (Å²) in [6.07, 6.45) is 4.80. The number of aromatic nitrogens is 4. The minimum Gasteiger partial charge on any atom is -0.465 e. The maximum Gasteiger partial charge on any atom is 0.410 e. The van der Waals surface area contributed by atoms with Crippen molar-refractivity contribution in [3.8, 4) is 11.3 Å². The van der Waals surface area contributed by atoms with Crippen molar-refractivity contribution in [2.75, 3.05) is 5.32 Å². The minimum atomic E-state index is -1.39. The summed E-state index contributed by atoms with van der Waals surface area (Å²) in [6, 6.07) is 13.3. The van der Waals surface area contributed by atoms with Crippen LogP contribution in [0, 0.1) is 23.1 Å². The molecule has 1 aliphatic carbocycles. The first kappa shape index (κ1) is 28.2. The molecule has 5 rings (SSSR count). The Hall–Kier alpha value is -4.31. The highest BCUT2D eigenvalue weighted by molar-refractivity contribution is 6.30. The van der Waals surface area contributed by atoms with E-state index in [-0.39, 0.29) is 17.7 Å². The van der Waals surface area contributed by atoms with Gasteiger partial charge in [-0.15, -0.1) is 6.58 Å². The van der Waals surface area contributed by atoms with Gasteiger partial charge in [-0.05, 0) is 74.3 Å². The lowest BCUT2D eigenvalue weighted by atomic mass is 9.82. The second-order valence-corrected chi connectivity index (χ2v) is 10.8. The molecule has 11 heteroatoms. The standard InChI is InChI=1S/C30H31ClFN7O2/c1-3-18-10-12-19(13-11-18)16-39-25-24(21-7-4-8-22(31)14-21)35-28(26(33)36-30(40)41)37-27(25)38-29(39)34-17(2)20-6-5-9-23(32)15-20/h3-9,14-15,17-19H,1,10-13,16H2,2H3,(H2,33,36)(H,40,41)(H,34,35,37,38)/t17-,18?,19?/m0/s1. The quantitative estimate of drug-likeness (QED) is 0.101. The average Bonchev–Trinajstić information content (AvgIpc) is 3.29. The van der Waals surface area contributed by atoms with Crippen LogP contribution in [0.25, 0.3) is 22.4 Å². The van der Waals surface area contributed by atoms with Crippen molar-refractivity contribution >= 4 is 40.6 Å². The summed E-state index contributed by atoms with van der Waals surface area (Å²) >= 11 is 6.35. The maximum atomic E-state index is 14.0. The molecule has 2 aromatic heterocycles. The highest BCUT2D eigenvalue weighted by Gasteiger charge is 2.26. The molecule has 0 unspecified atom stereocenters. The Balaban J connectivity index is 1.66. The van der Waals surface area contributed by atoms with Crippen LogP contribution in [0.1, 0.15) is 50.0 Å². The van der Waals surface area contributed by atoms with Gasteiger partial charge in [0.1, 0.15) is 17.0 Å². The van der Waals surface area contributed by atoms with Crippen LogP contribution >= 0.6 is 11.6 Å². The third kappa shape index (κ3) is 6.38. The van der Waals surface area contributed by atoms with Crippen molar-refractivity contribution in [3.05, 3.63) is 83.4 Å². The van der Waals surface area contributed by atoms with Gasteiger partial charge in [0.05, 0.1) is 6.04 Å². The molecule has 1 atom stereocenters. The van der Waals surface area contributed by atoms with E-state index in [0.717, 1.165) is 31.2 Å². The number of hydrogen-bond acceptors (Lipinski definition) is 6. The van der Waals surface area contributed by atoms with Gasteiger partial charge in [0.15, 0.2) is 17.3 Å². The van der Waals surface area contributed by atoms with Crippen LogP contribution in [-0.4, -0.2) is 36.6 Å². The van der Waals surface area contributed by atoms with Crippen molar-refractivity contribution in [1.82, 2.24) is 24.8 Å². The third-order valence-electron chi connectivity index (χ3n) is 7.52. The smallest absolute Gasteiger partial charge is 0.410 e. The number of carbonyl (C=O) groups is 1. The number of anilines is 1. The molecule has 212 valence electrons. The van der Waals surface area contributed by atoms with Crippen LogP contribution in [-0.2, 0) is 6.54 Å². The predicted octanol–water partition coefficient (Wildman–Crippen LogP) is 7.04. The normalized spacial score (nSPS) is 17.6. The Bertz CT molecular complexity index is 1610.